The van der Waals surface area contributed by atoms with E-state index in [2.05, 4.69) is 0 Å². The van der Waals surface area contributed by atoms with Crippen LogP contribution in [-0.2, 0) is 14.6 Å². The fourth-order valence-electron chi connectivity index (χ4n) is 2.34. The number of carbonyl (C=O) groups excluding carboxylic acids is 1. The van der Waals surface area contributed by atoms with Crippen molar-refractivity contribution in [2.24, 2.45) is 0 Å². The molecule has 9 heteroatoms. The van der Waals surface area contributed by atoms with Crippen molar-refractivity contribution in [2.75, 3.05) is 37.8 Å². The van der Waals surface area contributed by atoms with Gasteiger partial charge in [0, 0.05) is 51.5 Å². The van der Waals surface area contributed by atoms with Gasteiger partial charge in [-0.1, -0.05) is 0 Å². The number of anilines is 1. The summed E-state index contributed by atoms with van der Waals surface area (Å²) in [7, 11) is -1.93. The molecule has 1 aliphatic heterocycles. The van der Waals surface area contributed by atoms with Gasteiger partial charge < -0.3 is 9.80 Å². The summed E-state index contributed by atoms with van der Waals surface area (Å²) >= 11 is 0. The number of rotatable bonds is 3. The molecule has 1 fully saturated rings. The van der Waals surface area contributed by atoms with Crippen molar-refractivity contribution in [2.45, 2.75) is 11.3 Å². The van der Waals surface area contributed by atoms with E-state index >= 15 is 0 Å². The van der Waals surface area contributed by atoms with Gasteiger partial charge in [-0.3, -0.25) is 14.9 Å². The van der Waals surface area contributed by atoms with Gasteiger partial charge in [0.2, 0.25) is 5.91 Å². The van der Waals surface area contributed by atoms with Crippen LogP contribution in [0.5, 0.6) is 0 Å². The molecule has 0 atom stereocenters. The van der Waals surface area contributed by atoms with E-state index in [0.29, 0.717) is 25.3 Å². The molecule has 120 valence electrons. The molecule has 2 rings (SSSR count). The average molecular weight is 327 g/mol. The molecular weight excluding hydrogens is 310 g/mol. The second-order valence-electron chi connectivity index (χ2n) is 5.23. The number of likely N-dealkylation sites (N-methyl/N-ethyl adjacent to an activating group) is 1. The Bertz CT molecular complexity index is 716. The van der Waals surface area contributed by atoms with Gasteiger partial charge in [-0.05, 0) is 6.07 Å². The SMILES string of the molecule is CN1CCN(c2ccc([N+](=O)[O-])cc2S(C)(=O)=O)CCC1=O. The second-order valence-corrected chi connectivity index (χ2v) is 7.22. The lowest BCUT2D eigenvalue weighted by molar-refractivity contribution is -0.385. The average Bonchev–Trinajstić information content (AvgIpc) is 2.60. The Hall–Kier alpha value is -2.16. The molecule has 0 radical (unpaired) electrons. The smallest absolute Gasteiger partial charge is 0.270 e. The molecule has 1 saturated heterocycles. The van der Waals surface area contributed by atoms with Crippen LogP contribution in [0.25, 0.3) is 0 Å². The van der Waals surface area contributed by atoms with E-state index in [9.17, 15) is 23.3 Å². The number of nitro benzene ring substituents is 1. The third-order valence-electron chi connectivity index (χ3n) is 3.62. The minimum atomic E-state index is -3.62. The molecule has 0 saturated carbocycles. The van der Waals surface area contributed by atoms with Gasteiger partial charge in [-0.15, -0.1) is 0 Å². The number of non-ortho nitro benzene ring substituents is 1. The lowest BCUT2D eigenvalue weighted by Gasteiger charge is -2.24. The zero-order valence-corrected chi connectivity index (χ0v) is 13.2. The molecule has 0 bridgehead atoms. The third-order valence-corrected chi connectivity index (χ3v) is 4.75. The molecule has 8 nitrogen and oxygen atoms in total. The summed E-state index contributed by atoms with van der Waals surface area (Å²) in [6, 6.07) is 3.78. The summed E-state index contributed by atoms with van der Waals surface area (Å²) < 4.78 is 23.9. The Balaban J connectivity index is 2.46. The van der Waals surface area contributed by atoms with Crippen molar-refractivity contribution in [1.29, 1.82) is 0 Å². The molecule has 22 heavy (non-hydrogen) atoms. The molecule has 0 unspecified atom stereocenters. The first-order valence-electron chi connectivity index (χ1n) is 6.67. The Kier molecular flexibility index (Phi) is 4.36. The van der Waals surface area contributed by atoms with Crippen molar-refractivity contribution >= 4 is 27.1 Å². The molecule has 1 aromatic carbocycles. The van der Waals surface area contributed by atoms with Crippen molar-refractivity contribution < 1.29 is 18.1 Å². The van der Waals surface area contributed by atoms with Gasteiger partial charge in [-0.25, -0.2) is 8.42 Å². The highest BCUT2D eigenvalue weighted by atomic mass is 32.2. The zero-order chi connectivity index (χ0) is 16.5. The number of nitrogens with zero attached hydrogens (tertiary/aromatic N) is 3. The molecule has 1 heterocycles. The predicted molar refractivity (Wildman–Crippen MR) is 80.7 cm³/mol. The van der Waals surface area contributed by atoms with Crippen LogP contribution in [0.1, 0.15) is 6.42 Å². The number of nitro groups is 1. The van der Waals surface area contributed by atoms with Gasteiger partial charge in [0.15, 0.2) is 9.84 Å². The molecule has 1 aromatic rings. The number of hydrogen-bond acceptors (Lipinski definition) is 6. The second kappa shape index (κ2) is 5.91. The van der Waals surface area contributed by atoms with Gasteiger partial charge in [-0.2, -0.15) is 0 Å². The monoisotopic (exact) mass is 327 g/mol. The van der Waals surface area contributed by atoms with Crippen LogP contribution in [0.2, 0.25) is 0 Å². The fourth-order valence-corrected chi connectivity index (χ4v) is 3.26. The Morgan fingerprint density at radius 3 is 2.50 bits per heavy atom. The standard InChI is InChI=1S/C13H17N3O5S/c1-14-7-8-15(6-5-13(14)17)11-4-3-10(16(18)19)9-12(11)22(2,20)21/h3-4,9H,5-8H2,1-2H3. The lowest BCUT2D eigenvalue weighted by atomic mass is 10.2. The van der Waals surface area contributed by atoms with Gasteiger partial charge in [0.25, 0.3) is 5.69 Å². The highest BCUT2D eigenvalue weighted by Gasteiger charge is 2.25. The molecule has 0 aromatic heterocycles. The largest absolute Gasteiger partial charge is 0.368 e. The maximum atomic E-state index is 12.0. The van der Waals surface area contributed by atoms with Crippen molar-refractivity contribution in [3.05, 3.63) is 28.3 Å². The quantitative estimate of drug-likeness (QED) is 0.597. The highest BCUT2D eigenvalue weighted by Crippen LogP contribution is 2.30. The van der Waals surface area contributed by atoms with E-state index in [1.807, 2.05) is 0 Å². The van der Waals surface area contributed by atoms with Crippen LogP contribution >= 0.6 is 0 Å². The minimum absolute atomic E-state index is 0.00897. The summed E-state index contributed by atoms with van der Waals surface area (Å²) in [5.41, 5.74) is 0.128. The maximum absolute atomic E-state index is 12.0. The first-order valence-corrected chi connectivity index (χ1v) is 8.56. The summed E-state index contributed by atoms with van der Waals surface area (Å²) in [5, 5.41) is 10.9. The molecule has 0 spiro atoms. The molecule has 0 N–H and O–H groups in total. The lowest BCUT2D eigenvalue weighted by Crippen LogP contribution is -2.30. The fraction of sp³-hybridized carbons (Fsp3) is 0.462. The number of sulfone groups is 1. The van der Waals surface area contributed by atoms with Gasteiger partial charge in [0.1, 0.15) is 0 Å². The molecular formula is C13H17N3O5S. The number of benzene rings is 1. The van der Waals surface area contributed by atoms with E-state index in [1.54, 1.807) is 16.8 Å². The number of carbonyl (C=O) groups is 1. The van der Waals surface area contributed by atoms with Crippen LogP contribution in [-0.4, -0.2) is 57.1 Å². The van der Waals surface area contributed by atoms with Crippen LogP contribution in [0.3, 0.4) is 0 Å². The Morgan fingerprint density at radius 1 is 1.23 bits per heavy atom. The topological polar surface area (TPSA) is 101 Å². The Morgan fingerprint density at radius 2 is 1.91 bits per heavy atom. The number of hydrogen-bond donors (Lipinski definition) is 0. The van der Waals surface area contributed by atoms with E-state index in [4.69, 9.17) is 0 Å². The first kappa shape index (κ1) is 16.2. The van der Waals surface area contributed by atoms with Crippen LogP contribution < -0.4 is 4.90 Å². The van der Waals surface area contributed by atoms with Crippen molar-refractivity contribution in [3.8, 4) is 0 Å². The normalized spacial score (nSPS) is 16.5. The van der Waals surface area contributed by atoms with E-state index < -0.39 is 14.8 Å². The van der Waals surface area contributed by atoms with E-state index in [1.165, 1.54) is 12.1 Å². The van der Waals surface area contributed by atoms with E-state index in [0.717, 1.165) is 12.3 Å². The van der Waals surface area contributed by atoms with Gasteiger partial charge >= 0.3 is 0 Å². The van der Waals surface area contributed by atoms with Crippen LogP contribution in [0, 0.1) is 10.1 Å². The molecule has 1 aliphatic rings. The van der Waals surface area contributed by atoms with E-state index in [-0.39, 0.29) is 22.9 Å². The van der Waals surface area contributed by atoms with Gasteiger partial charge in [0.05, 0.1) is 15.5 Å². The Labute approximate surface area is 128 Å². The minimum Gasteiger partial charge on any atom is -0.368 e. The summed E-state index contributed by atoms with van der Waals surface area (Å²) in [5.74, 6) is -0.00897. The summed E-state index contributed by atoms with van der Waals surface area (Å²) in [6.45, 7) is 1.32. The maximum Gasteiger partial charge on any atom is 0.270 e. The summed E-state index contributed by atoms with van der Waals surface area (Å²) in [4.78, 5) is 25.2. The van der Waals surface area contributed by atoms with Crippen molar-refractivity contribution in [3.63, 3.8) is 0 Å². The molecule has 0 aliphatic carbocycles. The van der Waals surface area contributed by atoms with Crippen LogP contribution in [0.4, 0.5) is 11.4 Å². The molecule has 1 amide bonds. The zero-order valence-electron chi connectivity index (χ0n) is 12.4. The third kappa shape index (κ3) is 3.35. The predicted octanol–water partition coefficient (Wildman–Crippen LogP) is 0.667. The number of amides is 1. The summed E-state index contributed by atoms with van der Waals surface area (Å²) in [6.07, 6.45) is 1.29. The van der Waals surface area contributed by atoms with Crippen LogP contribution in [0.15, 0.2) is 23.1 Å². The first-order chi connectivity index (χ1) is 10.2. The van der Waals surface area contributed by atoms with Crippen molar-refractivity contribution in [1.82, 2.24) is 4.90 Å². The highest BCUT2D eigenvalue weighted by molar-refractivity contribution is 7.90.